The van der Waals surface area contributed by atoms with Crippen LogP contribution in [0, 0.1) is 0 Å². The fraction of sp³-hybridized carbons (Fsp3) is 0.316. The number of esters is 1. The van der Waals surface area contributed by atoms with Gasteiger partial charge in [-0.1, -0.05) is 42.1 Å². The molecule has 1 N–H and O–H groups in total. The van der Waals surface area contributed by atoms with Gasteiger partial charge in [0.25, 0.3) is 0 Å². The zero-order valence-corrected chi connectivity index (χ0v) is 16.6. The third-order valence-corrected chi connectivity index (χ3v) is 5.92. The van der Waals surface area contributed by atoms with Gasteiger partial charge in [0.2, 0.25) is 0 Å². The molecule has 8 heteroatoms. The Hall–Kier alpha value is -2.16. The van der Waals surface area contributed by atoms with Gasteiger partial charge in [0.15, 0.2) is 10.9 Å². The number of thioether (sulfide) groups is 1. The Morgan fingerprint density at radius 2 is 2.15 bits per heavy atom. The fourth-order valence-corrected chi connectivity index (χ4v) is 4.37. The number of ether oxygens (including phenoxy) is 1. The summed E-state index contributed by atoms with van der Waals surface area (Å²) in [5.41, 5.74) is 2.38. The van der Waals surface area contributed by atoms with Crippen LogP contribution in [0.4, 0.5) is 0 Å². The Morgan fingerprint density at radius 3 is 2.89 bits per heavy atom. The van der Waals surface area contributed by atoms with E-state index in [1.54, 1.807) is 30.3 Å². The summed E-state index contributed by atoms with van der Waals surface area (Å²) in [5, 5.41) is 13.0. The minimum atomic E-state index is -0.392. The number of benzene rings is 1. The predicted octanol–water partition coefficient (Wildman–Crippen LogP) is 3.54. The van der Waals surface area contributed by atoms with Crippen LogP contribution in [-0.2, 0) is 30.1 Å². The molecule has 0 aliphatic heterocycles. The Balaban J connectivity index is 1.65. The number of aromatic nitrogens is 3. The number of aliphatic hydroxyl groups excluding tert-OH is 1. The second-order valence-corrected chi connectivity index (χ2v) is 7.60. The van der Waals surface area contributed by atoms with Crippen molar-refractivity contribution in [3.05, 3.63) is 63.9 Å². The summed E-state index contributed by atoms with van der Waals surface area (Å²) in [4.78, 5) is 20.5. The largest absolute Gasteiger partial charge is 0.461 e. The summed E-state index contributed by atoms with van der Waals surface area (Å²) in [7, 11) is 0. The SMILES string of the molecule is CCOC(=O)c1csc(CSc2ncc(CO)n2CCc2ccccc2)n1. The molecule has 142 valence electrons. The van der Waals surface area contributed by atoms with E-state index >= 15 is 0 Å². The van der Waals surface area contributed by atoms with Gasteiger partial charge in [-0.2, -0.15) is 0 Å². The predicted molar refractivity (Wildman–Crippen MR) is 106 cm³/mol. The summed E-state index contributed by atoms with van der Waals surface area (Å²) in [5.74, 6) is 0.217. The van der Waals surface area contributed by atoms with Crippen molar-refractivity contribution in [2.45, 2.75) is 37.4 Å². The highest BCUT2D eigenvalue weighted by Crippen LogP contribution is 2.25. The van der Waals surface area contributed by atoms with Crippen LogP contribution in [0.1, 0.15) is 33.7 Å². The van der Waals surface area contributed by atoms with E-state index in [1.165, 1.54) is 16.9 Å². The lowest BCUT2D eigenvalue weighted by Crippen LogP contribution is -2.07. The topological polar surface area (TPSA) is 77.2 Å². The first-order chi connectivity index (χ1) is 13.2. The van der Waals surface area contributed by atoms with Crippen LogP contribution in [0.3, 0.4) is 0 Å². The fourth-order valence-electron chi connectivity index (χ4n) is 2.56. The highest BCUT2D eigenvalue weighted by molar-refractivity contribution is 7.98. The standard InChI is InChI=1S/C19H21N3O3S2/c1-2-25-18(24)16-12-26-17(21-16)13-27-19-20-10-15(11-23)22(19)9-8-14-6-4-3-5-7-14/h3-7,10,12,23H,2,8-9,11,13H2,1H3. The molecule has 1 aromatic carbocycles. The molecule has 0 fully saturated rings. The van der Waals surface area contributed by atoms with E-state index in [9.17, 15) is 9.90 Å². The van der Waals surface area contributed by atoms with Crippen molar-refractivity contribution in [1.82, 2.24) is 14.5 Å². The maximum atomic E-state index is 11.7. The lowest BCUT2D eigenvalue weighted by Gasteiger charge is -2.10. The van der Waals surface area contributed by atoms with Crippen molar-refractivity contribution in [2.75, 3.05) is 6.61 Å². The number of hydrogen-bond acceptors (Lipinski definition) is 7. The molecule has 0 radical (unpaired) electrons. The smallest absolute Gasteiger partial charge is 0.357 e. The maximum absolute atomic E-state index is 11.7. The third kappa shape index (κ3) is 5.18. The van der Waals surface area contributed by atoms with Gasteiger partial charge in [0, 0.05) is 11.9 Å². The number of aryl methyl sites for hydroxylation is 1. The van der Waals surface area contributed by atoms with Gasteiger partial charge < -0.3 is 14.4 Å². The number of aliphatic hydroxyl groups is 1. The second kappa shape index (κ2) is 9.68. The van der Waals surface area contributed by atoms with Crippen molar-refractivity contribution in [1.29, 1.82) is 0 Å². The highest BCUT2D eigenvalue weighted by Gasteiger charge is 2.14. The molecule has 3 aromatic rings. The molecule has 0 saturated carbocycles. The molecule has 0 spiro atoms. The molecule has 0 unspecified atom stereocenters. The van der Waals surface area contributed by atoms with Crippen LogP contribution >= 0.6 is 23.1 Å². The Kier molecular flexibility index (Phi) is 7.03. The summed E-state index contributed by atoms with van der Waals surface area (Å²) < 4.78 is 7.01. The van der Waals surface area contributed by atoms with Gasteiger partial charge in [0.05, 0.1) is 30.9 Å². The van der Waals surface area contributed by atoms with Gasteiger partial charge in [0.1, 0.15) is 5.01 Å². The lowest BCUT2D eigenvalue weighted by atomic mass is 10.1. The van der Waals surface area contributed by atoms with Crippen molar-refractivity contribution in [2.24, 2.45) is 0 Å². The number of thiazole rings is 1. The number of carbonyl (C=O) groups excluding carboxylic acids is 1. The summed E-state index contributed by atoms with van der Waals surface area (Å²) in [6.07, 6.45) is 2.57. The molecule has 0 aliphatic carbocycles. The average Bonchev–Trinajstić information content (AvgIpc) is 3.32. The molecule has 0 bridgehead atoms. The minimum Gasteiger partial charge on any atom is -0.461 e. The van der Waals surface area contributed by atoms with Crippen LogP contribution in [0.25, 0.3) is 0 Å². The summed E-state index contributed by atoms with van der Waals surface area (Å²) in [6.45, 7) is 2.80. The van der Waals surface area contributed by atoms with Gasteiger partial charge in [-0.05, 0) is 18.9 Å². The number of nitrogens with zero attached hydrogens (tertiary/aromatic N) is 3. The van der Waals surface area contributed by atoms with Crippen LogP contribution in [0.15, 0.2) is 47.1 Å². The van der Waals surface area contributed by atoms with E-state index in [1.807, 2.05) is 22.8 Å². The zero-order chi connectivity index (χ0) is 19.1. The van der Waals surface area contributed by atoms with Gasteiger partial charge in [-0.15, -0.1) is 11.3 Å². The van der Waals surface area contributed by atoms with Crippen LogP contribution in [0.5, 0.6) is 0 Å². The summed E-state index contributed by atoms with van der Waals surface area (Å²) in [6, 6.07) is 10.2. The molecule has 0 saturated heterocycles. The molecule has 0 amide bonds. The van der Waals surface area contributed by atoms with Crippen molar-refractivity contribution in [3.8, 4) is 0 Å². The van der Waals surface area contributed by atoms with Crippen molar-refractivity contribution in [3.63, 3.8) is 0 Å². The molecule has 3 rings (SSSR count). The molecule has 2 aromatic heterocycles. The van der Waals surface area contributed by atoms with E-state index in [4.69, 9.17) is 4.74 Å². The molecule has 2 heterocycles. The first-order valence-corrected chi connectivity index (χ1v) is 10.5. The summed E-state index contributed by atoms with van der Waals surface area (Å²) >= 11 is 2.98. The van der Waals surface area contributed by atoms with E-state index < -0.39 is 5.97 Å². The molecular weight excluding hydrogens is 382 g/mol. The first kappa shape index (κ1) is 19.6. The van der Waals surface area contributed by atoms with E-state index in [-0.39, 0.29) is 6.61 Å². The Labute approximate surface area is 166 Å². The molecule has 27 heavy (non-hydrogen) atoms. The normalized spacial score (nSPS) is 10.9. The monoisotopic (exact) mass is 403 g/mol. The lowest BCUT2D eigenvalue weighted by molar-refractivity contribution is 0.0520. The van der Waals surface area contributed by atoms with Crippen molar-refractivity contribution >= 4 is 29.1 Å². The molecular formula is C19H21N3O3S2. The molecule has 6 nitrogen and oxygen atoms in total. The average molecular weight is 404 g/mol. The van der Waals surface area contributed by atoms with E-state index in [0.717, 1.165) is 28.8 Å². The number of rotatable bonds is 9. The van der Waals surface area contributed by atoms with E-state index in [2.05, 4.69) is 22.1 Å². The number of imidazole rings is 1. The number of carbonyl (C=O) groups is 1. The van der Waals surface area contributed by atoms with E-state index in [0.29, 0.717) is 18.1 Å². The maximum Gasteiger partial charge on any atom is 0.357 e. The minimum absolute atomic E-state index is 0.0490. The van der Waals surface area contributed by atoms with Gasteiger partial charge in [-0.3, -0.25) is 0 Å². The van der Waals surface area contributed by atoms with Gasteiger partial charge in [-0.25, -0.2) is 14.8 Å². The van der Waals surface area contributed by atoms with Gasteiger partial charge >= 0.3 is 5.97 Å². The number of hydrogen-bond donors (Lipinski definition) is 1. The van der Waals surface area contributed by atoms with Crippen LogP contribution in [-0.4, -0.2) is 32.2 Å². The first-order valence-electron chi connectivity index (χ1n) is 8.64. The molecule has 0 aliphatic rings. The Morgan fingerprint density at radius 1 is 1.33 bits per heavy atom. The quantitative estimate of drug-likeness (QED) is 0.435. The van der Waals surface area contributed by atoms with Crippen LogP contribution < -0.4 is 0 Å². The zero-order valence-electron chi connectivity index (χ0n) is 15.0. The Bertz CT molecular complexity index is 877. The van der Waals surface area contributed by atoms with Crippen LogP contribution in [0.2, 0.25) is 0 Å². The van der Waals surface area contributed by atoms with Crippen molar-refractivity contribution < 1.29 is 14.6 Å². The second-order valence-electron chi connectivity index (χ2n) is 5.71. The third-order valence-electron chi connectivity index (χ3n) is 3.89. The highest BCUT2D eigenvalue weighted by atomic mass is 32.2. The molecule has 0 atom stereocenters.